The van der Waals surface area contributed by atoms with Gasteiger partial charge in [-0.05, 0) is 57.8 Å². The lowest BCUT2D eigenvalue weighted by Crippen LogP contribution is -2.47. The average molecular weight is 292 g/mol. The van der Waals surface area contributed by atoms with Crippen molar-refractivity contribution < 1.29 is 4.74 Å². The van der Waals surface area contributed by atoms with Gasteiger partial charge in [-0.1, -0.05) is 0 Å². The summed E-state index contributed by atoms with van der Waals surface area (Å²) in [5.41, 5.74) is 1.56. The predicted octanol–water partition coefficient (Wildman–Crippen LogP) is 3.17. The van der Waals surface area contributed by atoms with Crippen molar-refractivity contribution in [2.45, 2.75) is 75.5 Å². The second-order valence-electron chi connectivity index (χ2n) is 6.68. The highest BCUT2D eigenvalue weighted by molar-refractivity contribution is 7.12. The highest BCUT2D eigenvalue weighted by atomic mass is 32.1. The van der Waals surface area contributed by atoms with E-state index in [1.165, 1.54) is 68.5 Å². The van der Waals surface area contributed by atoms with Crippen LogP contribution in [0.3, 0.4) is 0 Å². The molecule has 20 heavy (non-hydrogen) atoms. The number of nitrogens with zero attached hydrogens (tertiary/aromatic N) is 1. The Balaban J connectivity index is 1.60. The molecule has 0 unspecified atom stereocenters. The van der Waals surface area contributed by atoms with E-state index in [0.29, 0.717) is 6.10 Å². The van der Waals surface area contributed by atoms with Gasteiger partial charge in [0.05, 0.1) is 17.3 Å². The molecule has 1 aromatic rings. The SMILES string of the molecule is COC1CCC(NC2CC2)(c2nc3c(s2)CCC3)CC1. The van der Waals surface area contributed by atoms with Crippen LogP contribution in [0.4, 0.5) is 0 Å². The topological polar surface area (TPSA) is 34.1 Å². The summed E-state index contributed by atoms with van der Waals surface area (Å²) in [5, 5.41) is 5.33. The van der Waals surface area contributed by atoms with Crippen LogP contribution in [0.5, 0.6) is 0 Å². The number of fused-ring (bicyclic) bond motifs is 1. The van der Waals surface area contributed by atoms with E-state index in [-0.39, 0.29) is 5.54 Å². The van der Waals surface area contributed by atoms with Crippen LogP contribution < -0.4 is 5.32 Å². The minimum atomic E-state index is 0.158. The molecule has 0 amide bonds. The molecule has 0 saturated heterocycles. The zero-order valence-corrected chi connectivity index (χ0v) is 13.1. The first-order valence-corrected chi connectivity index (χ1v) is 8.90. The number of hydrogen-bond acceptors (Lipinski definition) is 4. The molecule has 0 aromatic carbocycles. The van der Waals surface area contributed by atoms with Crippen LogP contribution in [-0.2, 0) is 23.1 Å². The second-order valence-corrected chi connectivity index (χ2v) is 7.76. The van der Waals surface area contributed by atoms with Crippen LogP contribution in [0, 0.1) is 0 Å². The molecule has 4 rings (SSSR count). The Morgan fingerprint density at radius 2 is 2.00 bits per heavy atom. The van der Waals surface area contributed by atoms with Crippen molar-refractivity contribution in [3.8, 4) is 0 Å². The summed E-state index contributed by atoms with van der Waals surface area (Å²) in [5.74, 6) is 0. The highest BCUT2D eigenvalue weighted by Gasteiger charge is 2.43. The molecular formula is C16H24N2OS. The van der Waals surface area contributed by atoms with Gasteiger partial charge in [0.1, 0.15) is 5.01 Å². The van der Waals surface area contributed by atoms with Gasteiger partial charge in [0.25, 0.3) is 0 Å². The summed E-state index contributed by atoms with van der Waals surface area (Å²) in [6, 6.07) is 0.743. The predicted molar refractivity (Wildman–Crippen MR) is 81.2 cm³/mol. The Morgan fingerprint density at radius 1 is 1.20 bits per heavy atom. The molecule has 1 N–H and O–H groups in total. The van der Waals surface area contributed by atoms with E-state index in [2.05, 4.69) is 5.32 Å². The van der Waals surface area contributed by atoms with E-state index in [0.717, 1.165) is 6.04 Å². The number of ether oxygens (including phenoxy) is 1. The van der Waals surface area contributed by atoms with Crippen LogP contribution in [0.25, 0.3) is 0 Å². The first-order chi connectivity index (χ1) is 9.79. The van der Waals surface area contributed by atoms with Crippen LogP contribution in [0.1, 0.15) is 60.5 Å². The minimum absolute atomic E-state index is 0.158. The van der Waals surface area contributed by atoms with Crippen LogP contribution >= 0.6 is 11.3 Å². The van der Waals surface area contributed by atoms with Crippen molar-refractivity contribution in [1.82, 2.24) is 10.3 Å². The lowest BCUT2D eigenvalue weighted by molar-refractivity contribution is 0.0397. The molecule has 3 nitrogen and oxygen atoms in total. The monoisotopic (exact) mass is 292 g/mol. The summed E-state index contributed by atoms with van der Waals surface area (Å²) in [6.45, 7) is 0. The van der Waals surface area contributed by atoms with Gasteiger partial charge in [0, 0.05) is 18.0 Å². The number of hydrogen-bond donors (Lipinski definition) is 1. The van der Waals surface area contributed by atoms with Crippen molar-refractivity contribution in [2.75, 3.05) is 7.11 Å². The van der Waals surface area contributed by atoms with Gasteiger partial charge in [-0.25, -0.2) is 4.98 Å². The van der Waals surface area contributed by atoms with E-state index < -0.39 is 0 Å². The van der Waals surface area contributed by atoms with E-state index in [1.54, 1.807) is 4.88 Å². The van der Waals surface area contributed by atoms with Gasteiger partial charge in [-0.15, -0.1) is 11.3 Å². The molecule has 3 aliphatic rings. The molecule has 3 aliphatic carbocycles. The van der Waals surface area contributed by atoms with Gasteiger partial charge in [0.15, 0.2) is 0 Å². The smallest absolute Gasteiger partial charge is 0.113 e. The van der Waals surface area contributed by atoms with E-state index in [1.807, 2.05) is 18.4 Å². The van der Waals surface area contributed by atoms with Crippen LogP contribution in [-0.4, -0.2) is 24.2 Å². The molecule has 0 aliphatic heterocycles. The third-order valence-electron chi connectivity index (χ3n) is 5.18. The number of rotatable bonds is 4. The summed E-state index contributed by atoms with van der Waals surface area (Å²) in [7, 11) is 1.85. The van der Waals surface area contributed by atoms with E-state index in [9.17, 15) is 0 Å². The lowest BCUT2D eigenvalue weighted by atomic mass is 9.80. The maximum absolute atomic E-state index is 5.56. The van der Waals surface area contributed by atoms with Gasteiger partial charge >= 0.3 is 0 Å². The van der Waals surface area contributed by atoms with Crippen molar-refractivity contribution in [3.63, 3.8) is 0 Å². The number of aromatic nitrogens is 1. The fraction of sp³-hybridized carbons (Fsp3) is 0.812. The van der Waals surface area contributed by atoms with Crippen LogP contribution in [0.2, 0.25) is 0 Å². The van der Waals surface area contributed by atoms with E-state index >= 15 is 0 Å². The van der Waals surface area contributed by atoms with Crippen LogP contribution in [0.15, 0.2) is 0 Å². The lowest BCUT2D eigenvalue weighted by Gasteiger charge is -2.39. The fourth-order valence-electron chi connectivity index (χ4n) is 3.75. The third-order valence-corrected chi connectivity index (χ3v) is 6.54. The number of aryl methyl sites for hydroxylation is 2. The molecule has 1 aromatic heterocycles. The summed E-state index contributed by atoms with van der Waals surface area (Å²) in [6.07, 6.45) is 11.6. The molecule has 0 radical (unpaired) electrons. The quantitative estimate of drug-likeness (QED) is 0.925. The fourth-order valence-corrected chi connectivity index (χ4v) is 5.11. The Kier molecular flexibility index (Phi) is 3.36. The molecule has 0 spiro atoms. The summed E-state index contributed by atoms with van der Waals surface area (Å²) >= 11 is 1.99. The number of nitrogens with one attached hydrogen (secondary N) is 1. The molecule has 4 heteroatoms. The van der Waals surface area contributed by atoms with Gasteiger partial charge < -0.3 is 10.1 Å². The van der Waals surface area contributed by atoms with Crippen molar-refractivity contribution in [3.05, 3.63) is 15.6 Å². The van der Waals surface area contributed by atoms with Crippen molar-refractivity contribution >= 4 is 11.3 Å². The molecule has 0 atom stereocenters. The van der Waals surface area contributed by atoms with E-state index in [4.69, 9.17) is 9.72 Å². The third kappa shape index (κ3) is 2.32. The Labute approximate surface area is 125 Å². The van der Waals surface area contributed by atoms with Gasteiger partial charge in [-0.2, -0.15) is 0 Å². The first-order valence-electron chi connectivity index (χ1n) is 8.09. The molecule has 2 saturated carbocycles. The second kappa shape index (κ2) is 5.08. The van der Waals surface area contributed by atoms with Crippen molar-refractivity contribution in [1.29, 1.82) is 0 Å². The largest absolute Gasteiger partial charge is 0.381 e. The molecule has 110 valence electrons. The van der Waals surface area contributed by atoms with Gasteiger partial charge in [-0.3, -0.25) is 0 Å². The number of methoxy groups -OCH3 is 1. The molecule has 0 bridgehead atoms. The molecule has 1 heterocycles. The summed E-state index contributed by atoms with van der Waals surface area (Å²) < 4.78 is 5.56. The Hall–Kier alpha value is -0.450. The maximum atomic E-state index is 5.56. The zero-order chi connectivity index (χ0) is 13.6. The Morgan fingerprint density at radius 3 is 2.65 bits per heavy atom. The standard InChI is InChI=1S/C16H24N2OS/c1-19-12-7-9-16(10-8-12,18-11-5-6-11)15-17-13-3-2-4-14(13)20-15/h11-12,18H,2-10H2,1H3. The van der Waals surface area contributed by atoms with Crippen molar-refractivity contribution in [2.24, 2.45) is 0 Å². The zero-order valence-electron chi connectivity index (χ0n) is 12.3. The first kappa shape index (κ1) is 13.2. The molecule has 2 fully saturated rings. The highest BCUT2D eigenvalue weighted by Crippen LogP contribution is 2.44. The number of thiazole rings is 1. The maximum Gasteiger partial charge on any atom is 0.113 e. The summed E-state index contributed by atoms with van der Waals surface area (Å²) in [4.78, 5) is 6.59. The van der Waals surface area contributed by atoms with Gasteiger partial charge in [0.2, 0.25) is 0 Å². The Bertz CT molecular complexity index is 465. The normalized spacial score (nSPS) is 33.4. The average Bonchev–Trinajstić information content (AvgIpc) is 3.00. The molecular weight excluding hydrogens is 268 g/mol. The minimum Gasteiger partial charge on any atom is -0.381 e.